The van der Waals surface area contributed by atoms with Gasteiger partial charge < -0.3 is 4.74 Å². The normalized spacial score (nSPS) is 10.7. The zero-order chi connectivity index (χ0) is 12.2. The molecule has 0 saturated heterocycles. The summed E-state index contributed by atoms with van der Waals surface area (Å²) >= 11 is 0. The van der Waals surface area contributed by atoms with Crippen LogP contribution in [0.1, 0.15) is 5.69 Å². The zero-order valence-electron chi connectivity index (χ0n) is 9.73. The van der Waals surface area contributed by atoms with Crippen molar-refractivity contribution in [2.75, 3.05) is 6.61 Å². The van der Waals surface area contributed by atoms with Crippen molar-refractivity contribution in [2.45, 2.75) is 6.42 Å². The van der Waals surface area contributed by atoms with Crippen LogP contribution in [0.2, 0.25) is 0 Å². The number of nitrogens with zero attached hydrogens (tertiary/aromatic N) is 4. The van der Waals surface area contributed by atoms with E-state index in [2.05, 4.69) is 15.1 Å². The molecule has 0 atom stereocenters. The Kier molecular flexibility index (Phi) is 2.87. The standard InChI is InChI=1S/C13H12N4O/c1-2-7-14-11(3-1)6-10-18-13-5-9-17-12(16-13)4-8-15-17/h1-5,7-9H,6,10H2. The molecule has 0 saturated carbocycles. The smallest absolute Gasteiger partial charge is 0.216 e. The number of aromatic nitrogens is 4. The summed E-state index contributed by atoms with van der Waals surface area (Å²) in [6.45, 7) is 0.564. The maximum Gasteiger partial charge on any atom is 0.216 e. The van der Waals surface area contributed by atoms with Crippen LogP contribution >= 0.6 is 0 Å². The summed E-state index contributed by atoms with van der Waals surface area (Å²) < 4.78 is 7.30. The Bertz CT molecular complexity index is 636. The van der Waals surface area contributed by atoms with Crippen molar-refractivity contribution in [3.8, 4) is 5.88 Å². The Labute approximate surface area is 104 Å². The van der Waals surface area contributed by atoms with E-state index in [1.54, 1.807) is 23.0 Å². The van der Waals surface area contributed by atoms with E-state index in [9.17, 15) is 0 Å². The van der Waals surface area contributed by atoms with Gasteiger partial charge in [-0.05, 0) is 12.1 Å². The lowest BCUT2D eigenvalue weighted by Crippen LogP contribution is -2.04. The van der Waals surface area contributed by atoms with E-state index >= 15 is 0 Å². The number of rotatable bonds is 4. The topological polar surface area (TPSA) is 52.3 Å². The van der Waals surface area contributed by atoms with E-state index in [4.69, 9.17) is 4.74 Å². The average Bonchev–Trinajstić information content (AvgIpc) is 2.87. The molecule has 0 radical (unpaired) electrons. The molecule has 3 aromatic rings. The maximum absolute atomic E-state index is 5.60. The third kappa shape index (κ3) is 2.29. The van der Waals surface area contributed by atoms with Crippen molar-refractivity contribution >= 4 is 5.65 Å². The first-order valence-corrected chi connectivity index (χ1v) is 5.75. The fourth-order valence-corrected chi connectivity index (χ4v) is 1.68. The molecule has 3 aromatic heterocycles. The molecular formula is C13H12N4O. The predicted molar refractivity (Wildman–Crippen MR) is 66.4 cm³/mol. The third-order valence-corrected chi connectivity index (χ3v) is 2.57. The minimum absolute atomic E-state index is 0.564. The van der Waals surface area contributed by atoms with Crippen LogP contribution in [0, 0.1) is 0 Å². The highest BCUT2D eigenvalue weighted by molar-refractivity contribution is 5.37. The van der Waals surface area contributed by atoms with Crippen LogP contribution in [0.5, 0.6) is 5.88 Å². The van der Waals surface area contributed by atoms with Gasteiger partial charge in [-0.15, -0.1) is 0 Å². The van der Waals surface area contributed by atoms with Crippen LogP contribution in [0.4, 0.5) is 0 Å². The molecule has 90 valence electrons. The molecule has 18 heavy (non-hydrogen) atoms. The van der Waals surface area contributed by atoms with E-state index in [0.717, 1.165) is 17.8 Å². The lowest BCUT2D eigenvalue weighted by atomic mass is 10.3. The van der Waals surface area contributed by atoms with Gasteiger partial charge in [0.1, 0.15) is 0 Å². The molecule has 3 rings (SSSR count). The lowest BCUT2D eigenvalue weighted by molar-refractivity contribution is 0.308. The molecule has 0 aromatic carbocycles. The SMILES string of the molecule is c1ccc(CCOc2ccn3nccc3n2)nc1. The maximum atomic E-state index is 5.60. The summed E-state index contributed by atoms with van der Waals surface area (Å²) in [5.74, 6) is 0.610. The summed E-state index contributed by atoms with van der Waals surface area (Å²) in [4.78, 5) is 8.56. The van der Waals surface area contributed by atoms with Gasteiger partial charge in [0, 0.05) is 36.6 Å². The second-order valence-electron chi connectivity index (χ2n) is 3.82. The molecular weight excluding hydrogens is 228 g/mol. The Morgan fingerprint density at radius 3 is 3.00 bits per heavy atom. The largest absolute Gasteiger partial charge is 0.477 e. The van der Waals surface area contributed by atoms with Gasteiger partial charge >= 0.3 is 0 Å². The zero-order valence-corrected chi connectivity index (χ0v) is 9.73. The molecule has 3 heterocycles. The third-order valence-electron chi connectivity index (χ3n) is 2.57. The molecule has 0 aliphatic heterocycles. The quantitative estimate of drug-likeness (QED) is 0.697. The van der Waals surface area contributed by atoms with Crippen LogP contribution in [0.25, 0.3) is 5.65 Å². The number of fused-ring (bicyclic) bond motifs is 1. The van der Waals surface area contributed by atoms with E-state index in [1.807, 2.05) is 30.5 Å². The minimum Gasteiger partial charge on any atom is -0.477 e. The molecule has 0 N–H and O–H groups in total. The average molecular weight is 240 g/mol. The van der Waals surface area contributed by atoms with Crippen LogP contribution < -0.4 is 4.74 Å². The van der Waals surface area contributed by atoms with Crippen molar-refractivity contribution in [1.82, 2.24) is 19.6 Å². The highest BCUT2D eigenvalue weighted by Gasteiger charge is 2.00. The van der Waals surface area contributed by atoms with Gasteiger partial charge in [0.2, 0.25) is 5.88 Å². The van der Waals surface area contributed by atoms with Gasteiger partial charge in [0.05, 0.1) is 12.8 Å². The van der Waals surface area contributed by atoms with Gasteiger partial charge in [-0.2, -0.15) is 10.1 Å². The highest BCUT2D eigenvalue weighted by Crippen LogP contribution is 2.08. The number of hydrogen-bond acceptors (Lipinski definition) is 4. The molecule has 5 heteroatoms. The predicted octanol–water partition coefficient (Wildman–Crippen LogP) is 1.75. The van der Waals surface area contributed by atoms with Crippen molar-refractivity contribution in [1.29, 1.82) is 0 Å². The number of ether oxygens (including phenoxy) is 1. The monoisotopic (exact) mass is 240 g/mol. The van der Waals surface area contributed by atoms with Gasteiger partial charge in [0.15, 0.2) is 5.65 Å². The molecule has 0 fully saturated rings. The molecule has 0 amide bonds. The van der Waals surface area contributed by atoms with Gasteiger partial charge in [0.25, 0.3) is 0 Å². The van der Waals surface area contributed by atoms with Crippen LogP contribution in [0.3, 0.4) is 0 Å². The summed E-state index contributed by atoms with van der Waals surface area (Å²) in [7, 11) is 0. The van der Waals surface area contributed by atoms with Crippen LogP contribution in [-0.2, 0) is 6.42 Å². The Balaban J connectivity index is 1.62. The van der Waals surface area contributed by atoms with Crippen LogP contribution in [0.15, 0.2) is 48.9 Å². The van der Waals surface area contributed by atoms with Gasteiger partial charge in [-0.3, -0.25) is 4.98 Å². The fourth-order valence-electron chi connectivity index (χ4n) is 1.68. The first kappa shape index (κ1) is 10.7. The first-order chi connectivity index (χ1) is 8.92. The lowest BCUT2D eigenvalue weighted by Gasteiger charge is -2.04. The Hall–Kier alpha value is -2.43. The second-order valence-corrected chi connectivity index (χ2v) is 3.82. The summed E-state index contributed by atoms with van der Waals surface area (Å²) in [6.07, 6.45) is 6.09. The van der Waals surface area contributed by atoms with E-state index < -0.39 is 0 Å². The van der Waals surface area contributed by atoms with Gasteiger partial charge in [-0.25, -0.2) is 4.52 Å². The van der Waals surface area contributed by atoms with Crippen LogP contribution in [-0.4, -0.2) is 26.2 Å². The van der Waals surface area contributed by atoms with Gasteiger partial charge in [-0.1, -0.05) is 6.07 Å². The van der Waals surface area contributed by atoms with Crippen molar-refractivity contribution in [3.63, 3.8) is 0 Å². The molecule has 0 aliphatic carbocycles. The van der Waals surface area contributed by atoms with Crippen molar-refractivity contribution in [3.05, 3.63) is 54.6 Å². The minimum atomic E-state index is 0.564. The van der Waals surface area contributed by atoms with E-state index in [0.29, 0.717) is 12.5 Å². The van der Waals surface area contributed by atoms with E-state index in [-0.39, 0.29) is 0 Å². The Morgan fingerprint density at radius 1 is 1.11 bits per heavy atom. The van der Waals surface area contributed by atoms with Crippen molar-refractivity contribution < 1.29 is 4.74 Å². The fraction of sp³-hybridized carbons (Fsp3) is 0.154. The second kappa shape index (κ2) is 4.83. The summed E-state index contributed by atoms with van der Waals surface area (Å²) in [6, 6.07) is 9.50. The van der Waals surface area contributed by atoms with Crippen molar-refractivity contribution in [2.24, 2.45) is 0 Å². The highest BCUT2D eigenvalue weighted by atomic mass is 16.5. The molecule has 0 bridgehead atoms. The molecule has 0 unspecified atom stereocenters. The first-order valence-electron chi connectivity index (χ1n) is 5.75. The summed E-state index contributed by atoms with van der Waals surface area (Å²) in [5.41, 5.74) is 1.80. The van der Waals surface area contributed by atoms with E-state index in [1.165, 1.54) is 0 Å². The molecule has 5 nitrogen and oxygen atoms in total. The molecule has 0 aliphatic rings. The number of pyridine rings is 1. The summed E-state index contributed by atoms with van der Waals surface area (Å²) in [5, 5.41) is 4.08. The number of hydrogen-bond donors (Lipinski definition) is 0. The Morgan fingerprint density at radius 2 is 2.11 bits per heavy atom. The molecule has 0 spiro atoms.